The first kappa shape index (κ1) is 16.1. The first-order valence-corrected chi connectivity index (χ1v) is 9.16. The summed E-state index contributed by atoms with van der Waals surface area (Å²) in [6.45, 7) is 4.27. The van der Waals surface area contributed by atoms with Crippen molar-refractivity contribution in [2.45, 2.75) is 19.9 Å². The number of aryl methyl sites for hydroxylation is 1. The lowest BCUT2D eigenvalue weighted by atomic mass is 9.88. The standard InChI is InChI=1S/C17H19N5O2S/c1-11-15(19-20-25-11)17(24)22-9-13-4-6-21(16(23)14(13)10-22)8-12-3-2-5-18-7-12/h2-3,5,7,13-14H,4,6,8-10H2,1H3/t13-,14+/m0/s1. The summed E-state index contributed by atoms with van der Waals surface area (Å²) in [4.78, 5) is 34.1. The van der Waals surface area contributed by atoms with Crippen LogP contribution in [0, 0.1) is 18.8 Å². The van der Waals surface area contributed by atoms with E-state index in [9.17, 15) is 9.59 Å². The molecule has 0 N–H and O–H groups in total. The molecule has 0 bridgehead atoms. The van der Waals surface area contributed by atoms with Crippen LogP contribution in [0.2, 0.25) is 0 Å². The molecule has 130 valence electrons. The maximum Gasteiger partial charge on any atom is 0.275 e. The third-order valence-corrected chi connectivity index (χ3v) is 5.71. The smallest absolute Gasteiger partial charge is 0.275 e. The van der Waals surface area contributed by atoms with E-state index in [-0.39, 0.29) is 23.7 Å². The van der Waals surface area contributed by atoms with Crippen molar-refractivity contribution in [3.8, 4) is 0 Å². The summed E-state index contributed by atoms with van der Waals surface area (Å²) in [6.07, 6.45) is 4.45. The monoisotopic (exact) mass is 357 g/mol. The van der Waals surface area contributed by atoms with Crippen LogP contribution in [0.15, 0.2) is 24.5 Å². The van der Waals surface area contributed by atoms with Crippen molar-refractivity contribution in [3.63, 3.8) is 0 Å². The molecule has 0 unspecified atom stereocenters. The molecule has 2 aromatic heterocycles. The van der Waals surface area contributed by atoms with Crippen molar-refractivity contribution < 1.29 is 9.59 Å². The quantitative estimate of drug-likeness (QED) is 0.829. The van der Waals surface area contributed by atoms with Crippen molar-refractivity contribution in [1.82, 2.24) is 24.4 Å². The van der Waals surface area contributed by atoms with Gasteiger partial charge in [0, 0.05) is 38.6 Å². The Bertz CT molecular complexity index is 793. The molecule has 2 atom stereocenters. The Morgan fingerprint density at radius 2 is 2.28 bits per heavy atom. The molecular weight excluding hydrogens is 338 g/mol. The molecule has 2 aromatic rings. The van der Waals surface area contributed by atoms with E-state index in [0.29, 0.717) is 25.3 Å². The lowest BCUT2D eigenvalue weighted by molar-refractivity contribution is -0.140. The fourth-order valence-electron chi connectivity index (χ4n) is 3.72. The highest BCUT2D eigenvalue weighted by Gasteiger charge is 2.44. The van der Waals surface area contributed by atoms with Crippen LogP contribution in [-0.2, 0) is 11.3 Å². The van der Waals surface area contributed by atoms with Crippen LogP contribution >= 0.6 is 11.5 Å². The first-order valence-electron chi connectivity index (χ1n) is 8.39. The van der Waals surface area contributed by atoms with Crippen LogP contribution in [0.5, 0.6) is 0 Å². The minimum atomic E-state index is -0.110. The topological polar surface area (TPSA) is 79.3 Å². The van der Waals surface area contributed by atoms with Gasteiger partial charge in [0.15, 0.2) is 5.69 Å². The molecule has 2 saturated heterocycles. The molecule has 0 aromatic carbocycles. The summed E-state index contributed by atoms with van der Waals surface area (Å²) in [5.74, 6) is 0.172. The SMILES string of the molecule is Cc1snnc1C(=O)N1C[C@@H]2CCN(Cc3cccnc3)C(=O)[C@@H]2C1. The van der Waals surface area contributed by atoms with Gasteiger partial charge in [-0.1, -0.05) is 10.6 Å². The number of amides is 2. The lowest BCUT2D eigenvalue weighted by Crippen LogP contribution is -2.44. The van der Waals surface area contributed by atoms with E-state index in [1.165, 1.54) is 11.5 Å². The molecule has 4 rings (SSSR count). The second-order valence-corrected chi connectivity index (χ2v) is 7.62. The Labute approximate surface area is 149 Å². The summed E-state index contributed by atoms with van der Waals surface area (Å²) < 4.78 is 3.84. The highest BCUT2D eigenvalue weighted by molar-refractivity contribution is 7.05. The van der Waals surface area contributed by atoms with Gasteiger partial charge in [0.05, 0.1) is 10.8 Å². The lowest BCUT2D eigenvalue weighted by Gasteiger charge is -2.33. The highest BCUT2D eigenvalue weighted by atomic mass is 32.1. The van der Waals surface area contributed by atoms with Gasteiger partial charge in [0.1, 0.15) is 0 Å². The van der Waals surface area contributed by atoms with Crippen LogP contribution in [0.25, 0.3) is 0 Å². The Morgan fingerprint density at radius 1 is 1.40 bits per heavy atom. The van der Waals surface area contributed by atoms with Gasteiger partial charge < -0.3 is 9.80 Å². The number of hydrogen-bond donors (Lipinski definition) is 0. The molecule has 2 fully saturated rings. The number of pyridine rings is 1. The van der Waals surface area contributed by atoms with Gasteiger partial charge in [-0.25, -0.2) is 0 Å². The van der Waals surface area contributed by atoms with E-state index < -0.39 is 0 Å². The molecule has 0 radical (unpaired) electrons. The van der Waals surface area contributed by atoms with E-state index in [1.54, 1.807) is 17.3 Å². The second kappa shape index (κ2) is 6.51. The number of nitrogens with zero attached hydrogens (tertiary/aromatic N) is 5. The van der Waals surface area contributed by atoms with Gasteiger partial charge in [-0.05, 0) is 42.4 Å². The third kappa shape index (κ3) is 3.02. The molecule has 2 aliphatic rings. The third-order valence-electron chi connectivity index (χ3n) is 5.08. The maximum atomic E-state index is 12.9. The number of fused-ring (bicyclic) bond motifs is 1. The number of piperidine rings is 1. The van der Waals surface area contributed by atoms with Crippen LogP contribution in [-0.4, -0.2) is 55.8 Å². The molecule has 8 heteroatoms. The summed E-state index contributed by atoms with van der Waals surface area (Å²) in [5, 5.41) is 3.94. The zero-order valence-electron chi connectivity index (χ0n) is 14.0. The Hall–Kier alpha value is -2.35. The number of rotatable bonds is 3. The van der Waals surface area contributed by atoms with Gasteiger partial charge in [-0.3, -0.25) is 14.6 Å². The van der Waals surface area contributed by atoms with Crippen molar-refractivity contribution in [3.05, 3.63) is 40.7 Å². The molecule has 7 nitrogen and oxygen atoms in total. The average molecular weight is 357 g/mol. The zero-order valence-corrected chi connectivity index (χ0v) is 14.8. The fourth-order valence-corrected chi connectivity index (χ4v) is 4.18. The van der Waals surface area contributed by atoms with Crippen LogP contribution in [0.1, 0.15) is 27.3 Å². The predicted molar refractivity (Wildman–Crippen MR) is 91.8 cm³/mol. The maximum absolute atomic E-state index is 12.9. The van der Waals surface area contributed by atoms with Gasteiger partial charge in [-0.15, -0.1) is 5.10 Å². The number of aromatic nitrogens is 3. The number of hydrogen-bond acceptors (Lipinski definition) is 6. The van der Waals surface area contributed by atoms with E-state index in [1.807, 2.05) is 24.0 Å². The van der Waals surface area contributed by atoms with Gasteiger partial charge in [0.2, 0.25) is 5.91 Å². The average Bonchev–Trinajstić information content (AvgIpc) is 3.24. The van der Waals surface area contributed by atoms with Crippen molar-refractivity contribution in [2.75, 3.05) is 19.6 Å². The van der Waals surface area contributed by atoms with Gasteiger partial charge in [0.25, 0.3) is 5.91 Å². The van der Waals surface area contributed by atoms with E-state index >= 15 is 0 Å². The van der Waals surface area contributed by atoms with Crippen molar-refractivity contribution in [2.24, 2.45) is 11.8 Å². The largest absolute Gasteiger partial charge is 0.338 e. The van der Waals surface area contributed by atoms with E-state index in [0.717, 1.165) is 23.4 Å². The van der Waals surface area contributed by atoms with Crippen LogP contribution in [0.4, 0.5) is 0 Å². The van der Waals surface area contributed by atoms with Crippen molar-refractivity contribution >= 4 is 23.3 Å². The van der Waals surface area contributed by atoms with Crippen molar-refractivity contribution in [1.29, 1.82) is 0 Å². The van der Waals surface area contributed by atoms with Gasteiger partial charge >= 0.3 is 0 Å². The molecular formula is C17H19N5O2S. The van der Waals surface area contributed by atoms with E-state index in [4.69, 9.17) is 0 Å². The number of likely N-dealkylation sites (tertiary alicyclic amines) is 2. The first-order chi connectivity index (χ1) is 12.1. The highest BCUT2D eigenvalue weighted by Crippen LogP contribution is 2.33. The molecule has 4 heterocycles. The summed E-state index contributed by atoms with van der Waals surface area (Å²) in [5.41, 5.74) is 1.45. The molecule has 0 spiro atoms. The Balaban J connectivity index is 1.45. The normalized spacial score (nSPS) is 23.0. The predicted octanol–water partition coefficient (Wildman–Crippen LogP) is 1.36. The second-order valence-electron chi connectivity index (χ2n) is 6.66. The number of carbonyl (C=O) groups excluding carboxylic acids is 2. The van der Waals surface area contributed by atoms with Crippen LogP contribution in [0.3, 0.4) is 0 Å². The molecule has 2 amide bonds. The minimum absolute atomic E-state index is 0.104. The molecule has 25 heavy (non-hydrogen) atoms. The van der Waals surface area contributed by atoms with E-state index in [2.05, 4.69) is 14.6 Å². The molecule has 0 saturated carbocycles. The number of carbonyl (C=O) groups is 2. The van der Waals surface area contributed by atoms with Crippen LogP contribution < -0.4 is 0 Å². The van der Waals surface area contributed by atoms with Gasteiger partial charge in [-0.2, -0.15) is 0 Å². The summed E-state index contributed by atoms with van der Waals surface area (Å²) in [7, 11) is 0. The Morgan fingerprint density at radius 3 is 3.00 bits per heavy atom. The fraction of sp³-hybridized carbons (Fsp3) is 0.471. The minimum Gasteiger partial charge on any atom is -0.338 e. The molecule has 0 aliphatic carbocycles. The summed E-state index contributed by atoms with van der Waals surface area (Å²) in [6, 6.07) is 3.86. The summed E-state index contributed by atoms with van der Waals surface area (Å²) >= 11 is 1.23. The Kier molecular flexibility index (Phi) is 4.20. The molecule has 2 aliphatic heterocycles. The zero-order chi connectivity index (χ0) is 17.4.